The van der Waals surface area contributed by atoms with Crippen molar-refractivity contribution in [2.24, 2.45) is 0 Å². The van der Waals surface area contributed by atoms with Gasteiger partial charge >= 0.3 is 6.09 Å². The number of hydrogen-bond acceptors (Lipinski definition) is 7. The molecule has 2 N–H and O–H groups in total. The molecular weight excluding hydrogens is 426 g/mol. The van der Waals surface area contributed by atoms with Crippen LogP contribution in [0.2, 0.25) is 0 Å². The molecule has 11 nitrogen and oxygen atoms in total. The van der Waals surface area contributed by atoms with Crippen molar-refractivity contribution in [2.75, 3.05) is 36.5 Å². The van der Waals surface area contributed by atoms with Crippen LogP contribution >= 0.6 is 0 Å². The number of rotatable bonds is 5. The predicted molar refractivity (Wildman–Crippen MR) is 122 cm³/mol. The highest BCUT2D eigenvalue weighted by Crippen LogP contribution is 2.25. The van der Waals surface area contributed by atoms with Gasteiger partial charge in [0.25, 0.3) is 5.91 Å². The second-order valence-corrected chi connectivity index (χ2v) is 8.09. The summed E-state index contributed by atoms with van der Waals surface area (Å²) >= 11 is 0. The molecule has 0 saturated carbocycles. The normalized spacial score (nSPS) is 16.2. The number of carbonyl (C=O) groups is 2. The first kappa shape index (κ1) is 22.3. The summed E-state index contributed by atoms with van der Waals surface area (Å²) < 4.78 is 7.45. The molecule has 11 heteroatoms. The zero-order valence-electron chi connectivity index (χ0n) is 19.1. The molecule has 2 amide bonds. The van der Waals surface area contributed by atoms with Gasteiger partial charge in [0, 0.05) is 44.1 Å². The van der Waals surface area contributed by atoms with Crippen LogP contribution in [0.5, 0.6) is 5.75 Å². The number of nitrogens with one attached hydrogen (secondary N) is 1. The molecule has 0 aromatic carbocycles. The van der Waals surface area contributed by atoms with E-state index in [2.05, 4.69) is 20.5 Å². The first-order valence-electron chi connectivity index (χ1n) is 10.8. The van der Waals surface area contributed by atoms with Gasteiger partial charge in [0.05, 0.1) is 17.9 Å². The Bertz CT molecular complexity index is 1210. The van der Waals surface area contributed by atoms with Gasteiger partial charge in [0.2, 0.25) is 0 Å². The van der Waals surface area contributed by atoms with Crippen molar-refractivity contribution in [3.8, 4) is 5.75 Å². The number of ether oxygens (including phenoxy) is 1. The molecule has 0 aliphatic carbocycles. The lowest BCUT2D eigenvalue weighted by Crippen LogP contribution is -2.54. The van der Waals surface area contributed by atoms with Gasteiger partial charge in [-0.25, -0.2) is 9.78 Å². The van der Waals surface area contributed by atoms with Gasteiger partial charge in [-0.05, 0) is 39.3 Å². The number of carbonyl (C=O) groups excluding carboxylic acids is 1. The van der Waals surface area contributed by atoms with Crippen molar-refractivity contribution in [1.29, 1.82) is 0 Å². The van der Waals surface area contributed by atoms with E-state index in [0.717, 1.165) is 11.3 Å². The summed E-state index contributed by atoms with van der Waals surface area (Å²) in [5.41, 5.74) is 2.74. The zero-order chi connectivity index (χ0) is 23.7. The van der Waals surface area contributed by atoms with Gasteiger partial charge < -0.3 is 29.4 Å². The zero-order valence-corrected chi connectivity index (χ0v) is 19.1. The number of piperazine rings is 1. The average molecular weight is 454 g/mol. The minimum absolute atomic E-state index is 0.157. The highest BCUT2D eigenvalue weighted by atomic mass is 16.5. The second kappa shape index (κ2) is 8.93. The molecule has 0 bridgehead atoms. The van der Waals surface area contributed by atoms with Crippen molar-refractivity contribution in [3.63, 3.8) is 0 Å². The average Bonchev–Trinajstić information content (AvgIpc) is 3.12. The van der Waals surface area contributed by atoms with Crippen LogP contribution in [0, 0.1) is 13.8 Å². The van der Waals surface area contributed by atoms with E-state index < -0.39 is 6.09 Å². The molecule has 1 aliphatic rings. The SMILES string of the molecule is CCOc1cc2nc(C)cn2cc1C(=O)Nc1cc(C)c(N2CCN(C(=O)O)C(C)C2)nn1. The number of nitrogens with zero attached hydrogens (tertiary/aromatic N) is 6. The lowest BCUT2D eigenvalue weighted by atomic mass is 10.2. The van der Waals surface area contributed by atoms with Gasteiger partial charge in [0.15, 0.2) is 11.6 Å². The first-order valence-corrected chi connectivity index (χ1v) is 10.8. The summed E-state index contributed by atoms with van der Waals surface area (Å²) in [7, 11) is 0. The Kier molecular flexibility index (Phi) is 6.03. The molecule has 4 heterocycles. The fourth-order valence-corrected chi connectivity index (χ4v) is 4.06. The first-order chi connectivity index (χ1) is 15.8. The fraction of sp³-hybridized carbons (Fsp3) is 0.409. The number of hydrogen-bond donors (Lipinski definition) is 2. The van der Waals surface area contributed by atoms with Crippen LogP contribution in [0.1, 0.15) is 35.5 Å². The van der Waals surface area contributed by atoms with E-state index in [1.807, 2.05) is 38.8 Å². The highest BCUT2D eigenvalue weighted by Gasteiger charge is 2.28. The Balaban J connectivity index is 1.53. The van der Waals surface area contributed by atoms with Crippen LogP contribution in [-0.4, -0.2) is 73.9 Å². The van der Waals surface area contributed by atoms with E-state index in [1.165, 1.54) is 4.90 Å². The van der Waals surface area contributed by atoms with Gasteiger partial charge in [-0.3, -0.25) is 4.79 Å². The summed E-state index contributed by atoms with van der Waals surface area (Å²) in [5, 5.41) is 20.6. The third-order valence-corrected chi connectivity index (χ3v) is 5.59. The summed E-state index contributed by atoms with van der Waals surface area (Å²) in [4.78, 5) is 32.2. The quantitative estimate of drug-likeness (QED) is 0.604. The monoisotopic (exact) mass is 453 g/mol. The molecule has 1 atom stereocenters. The molecule has 1 aliphatic heterocycles. The maximum absolute atomic E-state index is 13.0. The highest BCUT2D eigenvalue weighted by molar-refractivity contribution is 6.05. The molecule has 33 heavy (non-hydrogen) atoms. The molecular formula is C22H27N7O4. The Morgan fingerprint density at radius 3 is 2.67 bits per heavy atom. The van der Waals surface area contributed by atoms with E-state index in [1.54, 1.807) is 22.7 Å². The van der Waals surface area contributed by atoms with Crippen LogP contribution in [0.4, 0.5) is 16.4 Å². The third-order valence-electron chi connectivity index (χ3n) is 5.59. The molecule has 3 aromatic rings. The van der Waals surface area contributed by atoms with E-state index in [9.17, 15) is 14.7 Å². The minimum Gasteiger partial charge on any atom is -0.493 e. The summed E-state index contributed by atoms with van der Waals surface area (Å²) in [6, 6.07) is 3.34. The number of carboxylic acid groups (broad SMARTS) is 1. The smallest absolute Gasteiger partial charge is 0.407 e. The topological polar surface area (TPSA) is 125 Å². The Hall–Kier alpha value is -3.89. The maximum Gasteiger partial charge on any atom is 0.407 e. The largest absolute Gasteiger partial charge is 0.493 e. The maximum atomic E-state index is 13.0. The molecule has 1 fully saturated rings. The lowest BCUT2D eigenvalue weighted by molar-refractivity contribution is 0.102. The standard InChI is InChI=1S/C22H27N7O4/c1-5-33-17-9-19-23-14(3)10-28(19)12-16(17)21(30)24-18-8-13(2)20(26-25-18)27-6-7-29(22(31)32)15(4)11-27/h8-10,12,15H,5-7,11H2,1-4H3,(H,31,32)(H,24,25,30). The third kappa shape index (κ3) is 4.52. The van der Waals surface area contributed by atoms with Gasteiger partial charge in [-0.15, -0.1) is 10.2 Å². The summed E-state index contributed by atoms with van der Waals surface area (Å²) in [5.74, 6) is 1.08. The number of aromatic nitrogens is 4. The van der Waals surface area contributed by atoms with Crippen LogP contribution < -0.4 is 15.0 Å². The second-order valence-electron chi connectivity index (χ2n) is 8.09. The van der Waals surface area contributed by atoms with E-state index in [0.29, 0.717) is 54.8 Å². The van der Waals surface area contributed by atoms with Crippen molar-refractivity contribution < 1.29 is 19.4 Å². The predicted octanol–water partition coefficient (Wildman–Crippen LogP) is 2.58. The van der Waals surface area contributed by atoms with Gasteiger partial charge in [0.1, 0.15) is 11.4 Å². The molecule has 3 aromatic heterocycles. The number of aryl methyl sites for hydroxylation is 2. The van der Waals surface area contributed by atoms with Crippen LogP contribution in [0.15, 0.2) is 24.5 Å². The Morgan fingerprint density at radius 1 is 1.21 bits per heavy atom. The van der Waals surface area contributed by atoms with E-state index in [4.69, 9.17) is 4.74 Å². The summed E-state index contributed by atoms with van der Waals surface area (Å²) in [6.07, 6.45) is 2.61. The molecule has 4 rings (SSSR count). The van der Waals surface area contributed by atoms with Gasteiger partial charge in [-0.2, -0.15) is 0 Å². The number of anilines is 2. The number of fused-ring (bicyclic) bond motifs is 1. The lowest BCUT2D eigenvalue weighted by Gasteiger charge is -2.39. The Morgan fingerprint density at radius 2 is 2.00 bits per heavy atom. The van der Waals surface area contributed by atoms with Crippen LogP contribution in [0.25, 0.3) is 5.65 Å². The molecule has 174 valence electrons. The Labute approximate surface area is 191 Å². The van der Waals surface area contributed by atoms with Crippen LogP contribution in [0.3, 0.4) is 0 Å². The molecule has 0 radical (unpaired) electrons. The minimum atomic E-state index is -0.918. The van der Waals surface area contributed by atoms with Crippen molar-refractivity contribution in [3.05, 3.63) is 41.3 Å². The molecule has 1 saturated heterocycles. The van der Waals surface area contributed by atoms with Crippen molar-refractivity contribution >= 4 is 29.3 Å². The van der Waals surface area contributed by atoms with Crippen LogP contribution in [-0.2, 0) is 0 Å². The van der Waals surface area contributed by atoms with Gasteiger partial charge in [-0.1, -0.05) is 0 Å². The van der Waals surface area contributed by atoms with E-state index >= 15 is 0 Å². The number of imidazole rings is 1. The van der Waals surface area contributed by atoms with Crippen molar-refractivity contribution in [1.82, 2.24) is 24.5 Å². The molecule has 0 spiro atoms. The summed E-state index contributed by atoms with van der Waals surface area (Å²) in [6.45, 7) is 9.36. The number of amides is 2. The van der Waals surface area contributed by atoms with Crippen molar-refractivity contribution in [2.45, 2.75) is 33.7 Å². The molecule has 1 unspecified atom stereocenters. The van der Waals surface area contributed by atoms with E-state index in [-0.39, 0.29) is 11.9 Å². The number of pyridine rings is 1. The fourth-order valence-electron chi connectivity index (χ4n) is 4.06.